The molecule has 0 bridgehead atoms. The first-order valence-corrected chi connectivity index (χ1v) is 16.4. The fraction of sp³-hybridized carbons (Fsp3) is 0.571. The standard InChI is InChI=1S/C28H40FN5O3Si/c1-28(2,3)38(4,5)37-20-21-8-6-9-24(26(21)29)22-18-30-27(31-19-22)34-14-11-23(12-15-34)32-36-17-16-33-13-7-10-25(33)35/h6,8-9,18-19H,7,10-17,20H2,1-5H3. The molecule has 2 saturated heterocycles. The Morgan fingerprint density at radius 1 is 1.08 bits per heavy atom. The van der Waals surface area contributed by atoms with Crippen LogP contribution in [0.1, 0.15) is 52.0 Å². The average molecular weight is 542 g/mol. The van der Waals surface area contributed by atoms with Crippen LogP contribution in [0.4, 0.5) is 10.3 Å². The molecule has 4 rings (SSSR count). The number of carbonyl (C=O) groups is 1. The maximum Gasteiger partial charge on any atom is 0.225 e. The summed E-state index contributed by atoms with van der Waals surface area (Å²) in [5.41, 5.74) is 2.68. The molecule has 0 radical (unpaired) electrons. The second kappa shape index (κ2) is 11.9. The van der Waals surface area contributed by atoms with Crippen molar-refractivity contribution in [2.75, 3.05) is 37.7 Å². The molecule has 1 amide bonds. The Labute approximate surface area is 226 Å². The van der Waals surface area contributed by atoms with Crippen LogP contribution in [0.3, 0.4) is 0 Å². The SMILES string of the molecule is CC(C)(C)[Si](C)(C)OCc1cccc(-c2cnc(N3CCC(=NOCCN4CCCC4=O)CC3)nc2)c1F. The van der Waals surface area contributed by atoms with Gasteiger partial charge in [-0.05, 0) is 24.6 Å². The zero-order chi connectivity index (χ0) is 27.3. The summed E-state index contributed by atoms with van der Waals surface area (Å²) in [6.07, 6.45) is 6.47. The molecule has 0 N–H and O–H groups in total. The Hall–Kier alpha value is -2.85. The predicted molar refractivity (Wildman–Crippen MR) is 150 cm³/mol. The minimum atomic E-state index is -1.98. The van der Waals surface area contributed by atoms with E-state index in [1.54, 1.807) is 24.5 Å². The van der Waals surface area contributed by atoms with Crippen LogP contribution in [0.5, 0.6) is 0 Å². The van der Waals surface area contributed by atoms with Gasteiger partial charge < -0.3 is 19.1 Å². The van der Waals surface area contributed by atoms with Gasteiger partial charge in [-0.3, -0.25) is 4.79 Å². The highest BCUT2D eigenvalue weighted by Gasteiger charge is 2.37. The Morgan fingerprint density at radius 3 is 2.42 bits per heavy atom. The number of hydrogen-bond acceptors (Lipinski definition) is 7. The summed E-state index contributed by atoms with van der Waals surface area (Å²) >= 11 is 0. The van der Waals surface area contributed by atoms with Crippen molar-refractivity contribution in [3.05, 3.63) is 42.0 Å². The Morgan fingerprint density at radius 2 is 1.79 bits per heavy atom. The first kappa shape index (κ1) is 28.2. The van der Waals surface area contributed by atoms with Crippen molar-refractivity contribution >= 4 is 25.9 Å². The van der Waals surface area contributed by atoms with Gasteiger partial charge in [-0.2, -0.15) is 0 Å². The molecule has 2 fully saturated rings. The van der Waals surface area contributed by atoms with Gasteiger partial charge >= 0.3 is 0 Å². The van der Waals surface area contributed by atoms with Gasteiger partial charge in [-0.25, -0.2) is 14.4 Å². The van der Waals surface area contributed by atoms with E-state index in [2.05, 4.69) is 53.9 Å². The number of anilines is 1. The number of oxime groups is 1. The van der Waals surface area contributed by atoms with E-state index in [0.29, 0.717) is 42.2 Å². The lowest BCUT2D eigenvalue weighted by atomic mass is 10.1. The molecule has 206 valence electrons. The van der Waals surface area contributed by atoms with Crippen molar-refractivity contribution in [3.63, 3.8) is 0 Å². The lowest BCUT2D eigenvalue weighted by Gasteiger charge is -2.36. The van der Waals surface area contributed by atoms with Crippen LogP contribution in [0.25, 0.3) is 11.1 Å². The summed E-state index contributed by atoms with van der Waals surface area (Å²) in [5.74, 6) is 0.543. The lowest BCUT2D eigenvalue weighted by Crippen LogP contribution is -2.40. The third-order valence-corrected chi connectivity index (χ3v) is 12.3. The van der Waals surface area contributed by atoms with Gasteiger partial charge in [0.15, 0.2) is 8.32 Å². The molecule has 2 aliphatic rings. The smallest absolute Gasteiger partial charge is 0.225 e. The molecule has 8 nitrogen and oxygen atoms in total. The third-order valence-electron chi connectivity index (χ3n) is 7.86. The van der Waals surface area contributed by atoms with Crippen LogP contribution in [0, 0.1) is 5.82 Å². The van der Waals surface area contributed by atoms with Gasteiger partial charge in [0.2, 0.25) is 11.9 Å². The minimum absolute atomic E-state index is 0.0633. The molecule has 1 aromatic carbocycles. The second-order valence-electron chi connectivity index (χ2n) is 11.6. The molecule has 2 aliphatic heterocycles. The monoisotopic (exact) mass is 541 g/mol. The number of halogens is 1. The van der Waals surface area contributed by atoms with Gasteiger partial charge in [-0.15, -0.1) is 0 Å². The largest absolute Gasteiger partial charge is 0.412 e. The van der Waals surface area contributed by atoms with Crippen LogP contribution in [0.15, 0.2) is 35.7 Å². The second-order valence-corrected chi connectivity index (χ2v) is 16.4. The maximum absolute atomic E-state index is 15.4. The van der Waals surface area contributed by atoms with Gasteiger partial charge in [0.05, 0.1) is 18.9 Å². The van der Waals surface area contributed by atoms with Crippen molar-refractivity contribution in [1.82, 2.24) is 14.9 Å². The highest BCUT2D eigenvalue weighted by atomic mass is 28.4. The number of benzene rings is 1. The number of carbonyl (C=O) groups excluding carboxylic acids is 1. The highest BCUT2D eigenvalue weighted by Crippen LogP contribution is 2.37. The number of rotatable bonds is 9. The van der Waals surface area contributed by atoms with E-state index in [1.165, 1.54) is 0 Å². The molecule has 38 heavy (non-hydrogen) atoms. The predicted octanol–water partition coefficient (Wildman–Crippen LogP) is 5.40. The third kappa shape index (κ3) is 6.77. The molecule has 0 spiro atoms. The average Bonchev–Trinajstić information content (AvgIpc) is 3.30. The van der Waals surface area contributed by atoms with Crippen molar-refractivity contribution < 1.29 is 18.4 Å². The summed E-state index contributed by atoms with van der Waals surface area (Å²) in [5, 5.41) is 4.34. The van der Waals surface area contributed by atoms with Crippen molar-refractivity contribution in [1.29, 1.82) is 0 Å². The van der Waals surface area contributed by atoms with Crippen LogP contribution >= 0.6 is 0 Å². The Bertz CT molecular complexity index is 1140. The van der Waals surface area contributed by atoms with E-state index in [4.69, 9.17) is 9.26 Å². The summed E-state index contributed by atoms with van der Waals surface area (Å²) in [4.78, 5) is 30.1. The fourth-order valence-electron chi connectivity index (χ4n) is 4.30. The molecule has 3 heterocycles. The fourth-order valence-corrected chi connectivity index (χ4v) is 5.25. The van der Waals surface area contributed by atoms with E-state index < -0.39 is 8.32 Å². The first-order chi connectivity index (χ1) is 18.0. The zero-order valence-corrected chi connectivity index (χ0v) is 24.3. The molecule has 0 atom stereocenters. The Kier molecular flexibility index (Phi) is 8.82. The van der Waals surface area contributed by atoms with Gasteiger partial charge in [0.1, 0.15) is 12.4 Å². The van der Waals surface area contributed by atoms with E-state index in [1.807, 2.05) is 11.0 Å². The van der Waals surface area contributed by atoms with Crippen LogP contribution in [-0.4, -0.2) is 67.6 Å². The highest BCUT2D eigenvalue weighted by molar-refractivity contribution is 6.74. The minimum Gasteiger partial charge on any atom is -0.412 e. The first-order valence-electron chi connectivity index (χ1n) is 13.5. The summed E-state index contributed by atoms with van der Waals surface area (Å²) in [6, 6.07) is 5.39. The van der Waals surface area contributed by atoms with Crippen LogP contribution in [0.2, 0.25) is 18.1 Å². The number of piperidine rings is 1. The quantitative estimate of drug-likeness (QED) is 0.240. The number of nitrogens with zero attached hydrogens (tertiary/aromatic N) is 5. The van der Waals surface area contributed by atoms with Crippen LogP contribution in [-0.2, 0) is 20.7 Å². The topological polar surface area (TPSA) is 80.2 Å². The lowest BCUT2D eigenvalue weighted by molar-refractivity contribution is -0.128. The van der Waals surface area contributed by atoms with Gasteiger partial charge in [0.25, 0.3) is 0 Å². The Balaban J connectivity index is 1.30. The number of hydrogen-bond donors (Lipinski definition) is 0. The molecule has 2 aromatic rings. The summed E-state index contributed by atoms with van der Waals surface area (Å²) < 4.78 is 21.6. The number of aromatic nitrogens is 2. The molecule has 1 aromatic heterocycles. The molecular weight excluding hydrogens is 501 g/mol. The van der Waals surface area contributed by atoms with Gasteiger partial charge in [0, 0.05) is 68.0 Å². The summed E-state index contributed by atoms with van der Waals surface area (Å²) in [7, 11) is -1.98. The normalized spacial score (nSPS) is 16.8. The van der Waals surface area contributed by atoms with Crippen LogP contribution < -0.4 is 4.90 Å². The van der Waals surface area contributed by atoms with Crippen molar-refractivity contribution in [2.45, 2.75) is 71.2 Å². The number of amides is 1. The van der Waals surface area contributed by atoms with Crippen molar-refractivity contribution in [3.8, 4) is 11.1 Å². The van der Waals surface area contributed by atoms with E-state index in [0.717, 1.165) is 44.6 Å². The van der Waals surface area contributed by atoms with E-state index in [-0.39, 0.29) is 23.4 Å². The number of likely N-dealkylation sites (tertiary alicyclic amines) is 1. The van der Waals surface area contributed by atoms with Gasteiger partial charge in [-0.1, -0.05) is 44.1 Å². The molecule has 0 saturated carbocycles. The summed E-state index contributed by atoms with van der Waals surface area (Å²) in [6.45, 7) is 14.4. The van der Waals surface area contributed by atoms with E-state index in [9.17, 15) is 4.79 Å². The molecule has 0 unspecified atom stereocenters. The van der Waals surface area contributed by atoms with Crippen molar-refractivity contribution in [2.24, 2.45) is 5.16 Å². The molecular formula is C28H40FN5O3Si. The van der Waals surface area contributed by atoms with E-state index >= 15 is 4.39 Å². The molecule has 0 aliphatic carbocycles. The maximum atomic E-state index is 15.4. The molecule has 10 heteroatoms. The zero-order valence-electron chi connectivity index (χ0n) is 23.3.